The van der Waals surface area contributed by atoms with E-state index in [0.29, 0.717) is 11.3 Å². The molecule has 0 bridgehead atoms. The zero-order chi connectivity index (χ0) is 12.8. The molecule has 94 valence electrons. The summed E-state index contributed by atoms with van der Waals surface area (Å²) in [5, 5.41) is 11.5. The fourth-order valence-electron chi connectivity index (χ4n) is 1.47. The third-order valence-electron chi connectivity index (χ3n) is 2.41. The molecule has 5 heteroatoms. The summed E-state index contributed by atoms with van der Waals surface area (Å²) in [7, 11) is 0. The van der Waals surface area contributed by atoms with Crippen molar-refractivity contribution in [3.05, 3.63) is 21.9 Å². The number of aryl methyl sites for hydroxylation is 1. The lowest BCUT2D eigenvalue weighted by Crippen LogP contribution is -2.40. The molecular formula is C12H17NO3S. The van der Waals surface area contributed by atoms with Crippen LogP contribution in [0, 0.1) is 0 Å². The predicted octanol–water partition coefficient (Wildman–Crippen LogP) is 2.29. The Hall–Kier alpha value is -1.36. The Morgan fingerprint density at radius 1 is 1.41 bits per heavy atom. The molecular weight excluding hydrogens is 238 g/mol. The van der Waals surface area contributed by atoms with Gasteiger partial charge in [-0.1, -0.05) is 20.3 Å². The molecule has 0 saturated carbocycles. The molecule has 1 amide bonds. The van der Waals surface area contributed by atoms with Gasteiger partial charge in [-0.3, -0.25) is 4.79 Å². The van der Waals surface area contributed by atoms with Crippen molar-refractivity contribution in [2.24, 2.45) is 0 Å². The van der Waals surface area contributed by atoms with Crippen molar-refractivity contribution < 1.29 is 14.7 Å². The van der Waals surface area contributed by atoms with E-state index in [2.05, 4.69) is 5.32 Å². The number of carbonyl (C=O) groups excluding carboxylic acids is 1. The highest BCUT2D eigenvalue weighted by Crippen LogP contribution is 2.17. The van der Waals surface area contributed by atoms with Crippen LogP contribution in [0.5, 0.6) is 0 Å². The molecule has 0 unspecified atom stereocenters. The van der Waals surface area contributed by atoms with Crippen LogP contribution in [0.2, 0.25) is 0 Å². The van der Waals surface area contributed by atoms with E-state index >= 15 is 0 Å². The van der Waals surface area contributed by atoms with E-state index in [1.165, 1.54) is 11.3 Å². The van der Waals surface area contributed by atoms with Crippen molar-refractivity contribution in [1.29, 1.82) is 0 Å². The number of aliphatic carboxylic acids is 1. The highest BCUT2D eigenvalue weighted by molar-refractivity contribution is 7.14. The van der Waals surface area contributed by atoms with Crippen LogP contribution in [0.15, 0.2) is 12.1 Å². The lowest BCUT2D eigenvalue weighted by atomic mass is 10.1. The number of carboxylic acid groups (broad SMARTS) is 1. The van der Waals surface area contributed by atoms with Crippen LogP contribution in [0.1, 0.15) is 41.2 Å². The summed E-state index contributed by atoms with van der Waals surface area (Å²) in [6.07, 6.45) is 2.06. The summed E-state index contributed by atoms with van der Waals surface area (Å²) in [4.78, 5) is 24.4. The zero-order valence-corrected chi connectivity index (χ0v) is 10.8. The van der Waals surface area contributed by atoms with Crippen LogP contribution in [0.3, 0.4) is 0 Å². The van der Waals surface area contributed by atoms with E-state index in [1.807, 2.05) is 19.9 Å². The number of rotatable bonds is 6. The maximum absolute atomic E-state index is 11.8. The highest BCUT2D eigenvalue weighted by atomic mass is 32.1. The second kappa shape index (κ2) is 6.39. The fraction of sp³-hybridized carbons (Fsp3) is 0.500. The molecule has 1 atom stereocenters. The predicted molar refractivity (Wildman–Crippen MR) is 67.5 cm³/mol. The summed E-state index contributed by atoms with van der Waals surface area (Å²) in [6, 6.07) is 2.85. The summed E-state index contributed by atoms with van der Waals surface area (Å²) >= 11 is 1.41. The Kier molecular flexibility index (Phi) is 5.15. The number of hydrogen-bond acceptors (Lipinski definition) is 3. The van der Waals surface area contributed by atoms with Crippen molar-refractivity contribution in [2.45, 2.75) is 39.2 Å². The fourth-order valence-corrected chi connectivity index (χ4v) is 2.32. The molecule has 1 aromatic rings. The van der Waals surface area contributed by atoms with E-state index in [4.69, 9.17) is 5.11 Å². The van der Waals surface area contributed by atoms with Gasteiger partial charge in [-0.25, -0.2) is 4.79 Å². The van der Waals surface area contributed by atoms with Gasteiger partial charge in [-0.2, -0.15) is 0 Å². The van der Waals surface area contributed by atoms with E-state index < -0.39 is 12.0 Å². The van der Waals surface area contributed by atoms with Gasteiger partial charge < -0.3 is 10.4 Å². The molecule has 2 N–H and O–H groups in total. The molecule has 0 radical (unpaired) electrons. The Balaban J connectivity index is 2.66. The minimum Gasteiger partial charge on any atom is -0.480 e. The van der Waals surface area contributed by atoms with Crippen LogP contribution in [0.4, 0.5) is 0 Å². The Bertz CT molecular complexity index is 400. The van der Waals surface area contributed by atoms with Crippen LogP contribution in [0.25, 0.3) is 0 Å². The van der Waals surface area contributed by atoms with Crippen LogP contribution in [-0.4, -0.2) is 23.0 Å². The molecule has 0 aliphatic heterocycles. The van der Waals surface area contributed by atoms with Gasteiger partial charge in [0, 0.05) is 4.88 Å². The average molecular weight is 255 g/mol. The number of carboxylic acids is 1. The Morgan fingerprint density at radius 3 is 2.59 bits per heavy atom. The molecule has 0 aliphatic rings. The number of hydrogen-bond donors (Lipinski definition) is 2. The van der Waals surface area contributed by atoms with Crippen molar-refractivity contribution >= 4 is 23.2 Å². The number of carbonyl (C=O) groups is 2. The molecule has 0 saturated heterocycles. The summed E-state index contributed by atoms with van der Waals surface area (Å²) in [6.45, 7) is 3.91. The third-order valence-corrected chi connectivity index (χ3v) is 3.64. The zero-order valence-electron chi connectivity index (χ0n) is 10.0. The molecule has 0 aromatic carbocycles. The molecule has 4 nitrogen and oxygen atoms in total. The first kappa shape index (κ1) is 13.7. The quantitative estimate of drug-likeness (QED) is 0.819. The van der Waals surface area contributed by atoms with Crippen LogP contribution in [-0.2, 0) is 11.2 Å². The molecule has 17 heavy (non-hydrogen) atoms. The average Bonchev–Trinajstić information content (AvgIpc) is 2.76. The van der Waals surface area contributed by atoms with Crippen molar-refractivity contribution in [3.63, 3.8) is 0 Å². The maximum atomic E-state index is 11.8. The third kappa shape index (κ3) is 3.85. The SMILES string of the molecule is CCC[C@H](NC(=O)c1ccc(CC)s1)C(=O)O. The Morgan fingerprint density at radius 2 is 2.12 bits per heavy atom. The molecule has 1 aromatic heterocycles. The van der Waals surface area contributed by atoms with Gasteiger partial charge in [0.05, 0.1) is 4.88 Å². The normalized spacial score (nSPS) is 12.1. The summed E-state index contributed by atoms with van der Waals surface area (Å²) in [5.41, 5.74) is 0. The second-order valence-corrected chi connectivity index (χ2v) is 4.94. The molecule has 1 heterocycles. The first-order valence-electron chi connectivity index (χ1n) is 5.70. The first-order chi connectivity index (χ1) is 8.08. The van der Waals surface area contributed by atoms with Gasteiger partial charge in [0.15, 0.2) is 0 Å². The van der Waals surface area contributed by atoms with Crippen LogP contribution < -0.4 is 5.32 Å². The Labute approximate surface area is 105 Å². The van der Waals surface area contributed by atoms with E-state index in [1.54, 1.807) is 6.07 Å². The van der Waals surface area contributed by atoms with E-state index in [-0.39, 0.29) is 5.91 Å². The molecule has 0 spiro atoms. The maximum Gasteiger partial charge on any atom is 0.326 e. The summed E-state index contributed by atoms with van der Waals surface area (Å²) < 4.78 is 0. The van der Waals surface area contributed by atoms with Crippen molar-refractivity contribution in [2.75, 3.05) is 0 Å². The molecule has 0 aliphatic carbocycles. The van der Waals surface area contributed by atoms with Gasteiger partial charge in [0.2, 0.25) is 0 Å². The van der Waals surface area contributed by atoms with Gasteiger partial charge in [-0.05, 0) is 25.0 Å². The standard InChI is InChI=1S/C12H17NO3S/c1-3-5-9(12(15)16)13-11(14)10-7-6-8(4-2)17-10/h6-7,9H,3-5H2,1-2H3,(H,13,14)(H,15,16)/t9-/m0/s1. The second-order valence-electron chi connectivity index (χ2n) is 3.77. The van der Waals surface area contributed by atoms with Crippen molar-refractivity contribution in [3.8, 4) is 0 Å². The smallest absolute Gasteiger partial charge is 0.326 e. The molecule has 1 rings (SSSR count). The van der Waals surface area contributed by atoms with Gasteiger partial charge in [0.1, 0.15) is 6.04 Å². The summed E-state index contributed by atoms with van der Waals surface area (Å²) in [5.74, 6) is -1.27. The first-order valence-corrected chi connectivity index (χ1v) is 6.52. The minimum atomic E-state index is -0.979. The van der Waals surface area contributed by atoms with E-state index in [9.17, 15) is 9.59 Å². The van der Waals surface area contributed by atoms with E-state index in [0.717, 1.165) is 17.7 Å². The number of amides is 1. The van der Waals surface area contributed by atoms with Gasteiger partial charge in [0.25, 0.3) is 5.91 Å². The lowest BCUT2D eigenvalue weighted by Gasteiger charge is -2.12. The lowest BCUT2D eigenvalue weighted by molar-refractivity contribution is -0.139. The van der Waals surface area contributed by atoms with Gasteiger partial charge in [-0.15, -0.1) is 11.3 Å². The minimum absolute atomic E-state index is 0.296. The topological polar surface area (TPSA) is 66.4 Å². The monoisotopic (exact) mass is 255 g/mol. The van der Waals surface area contributed by atoms with Crippen molar-refractivity contribution in [1.82, 2.24) is 5.32 Å². The van der Waals surface area contributed by atoms with Gasteiger partial charge >= 0.3 is 5.97 Å². The number of thiophene rings is 1. The van der Waals surface area contributed by atoms with Crippen LogP contribution >= 0.6 is 11.3 Å². The molecule has 0 fully saturated rings. The number of nitrogens with one attached hydrogen (secondary N) is 1. The highest BCUT2D eigenvalue weighted by Gasteiger charge is 2.20. The largest absolute Gasteiger partial charge is 0.480 e.